The van der Waals surface area contributed by atoms with Crippen LogP contribution in [0.1, 0.15) is 18.4 Å². The molecule has 4 nitrogen and oxygen atoms in total. The summed E-state index contributed by atoms with van der Waals surface area (Å²) in [5.74, 6) is 0.915. The summed E-state index contributed by atoms with van der Waals surface area (Å²) < 4.78 is 5.33. The minimum absolute atomic E-state index is 0.169. The van der Waals surface area contributed by atoms with Gasteiger partial charge in [0.1, 0.15) is 6.61 Å². The van der Waals surface area contributed by atoms with E-state index in [0.29, 0.717) is 18.4 Å². The summed E-state index contributed by atoms with van der Waals surface area (Å²) in [6.45, 7) is 1.79. The van der Waals surface area contributed by atoms with Gasteiger partial charge in [-0.1, -0.05) is 30.3 Å². The van der Waals surface area contributed by atoms with Crippen molar-refractivity contribution in [1.82, 2.24) is 4.90 Å². The van der Waals surface area contributed by atoms with Crippen LogP contribution < -0.4 is 0 Å². The average molecular weight is 261 g/mol. The Bertz CT molecular complexity index is 434. The van der Waals surface area contributed by atoms with E-state index in [-0.39, 0.29) is 12.2 Å². The molecule has 1 heterocycles. The highest BCUT2D eigenvalue weighted by Crippen LogP contribution is 2.38. The molecule has 2 atom stereocenters. The smallest absolute Gasteiger partial charge is 0.410 e. The number of fused-ring (bicyclic) bond motifs is 1. The second-order valence-electron chi connectivity index (χ2n) is 5.59. The van der Waals surface area contributed by atoms with E-state index in [4.69, 9.17) is 4.74 Å². The summed E-state index contributed by atoms with van der Waals surface area (Å²) in [4.78, 5) is 13.8. The van der Waals surface area contributed by atoms with Crippen LogP contribution in [0.3, 0.4) is 0 Å². The Labute approximate surface area is 113 Å². The third kappa shape index (κ3) is 2.73. The van der Waals surface area contributed by atoms with Gasteiger partial charge in [0.15, 0.2) is 0 Å². The summed E-state index contributed by atoms with van der Waals surface area (Å²) in [6.07, 6.45) is 1.26. The van der Waals surface area contributed by atoms with Crippen molar-refractivity contribution >= 4 is 6.09 Å². The van der Waals surface area contributed by atoms with Gasteiger partial charge >= 0.3 is 6.09 Å². The molecule has 1 aliphatic heterocycles. The Balaban J connectivity index is 1.50. The van der Waals surface area contributed by atoms with Gasteiger partial charge in [0.05, 0.1) is 6.10 Å². The fraction of sp³-hybridized carbons (Fsp3) is 0.533. The van der Waals surface area contributed by atoms with Gasteiger partial charge in [-0.15, -0.1) is 0 Å². The molecule has 19 heavy (non-hydrogen) atoms. The van der Waals surface area contributed by atoms with Crippen LogP contribution in [0.2, 0.25) is 0 Å². The predicted octanol–water partition coefficient (Wildman–Crippen LogP) is 2.03. The van der Waals surface area contributed by atoms with Gasteiger partial charge in [-0.3, -0.25) is 0 Å². The zero-order valence-corrected chi connectivity index (χ0v) is 10.9. The number of ether oxygens (including phenoxy) is 1. The van der Waals surface area contributed by atoms with Gasteiger partial charge < -0.3 is 14.7 Å². The highest BCUT2D eigenvalue weighted by Gasteiger charge is 2.42. The summed E-state index contributed by atoms with van der Waals surface area (Å²) >= 11 is 0. The number of carbonyl (C=O) groups excluding carboxylic acids is 1. The van der Waals surface area contributed by atoms with Crippen LogP contribution >= 0.6 is 0 Å². The molecule has 102 valence electrons. The number of aliphatic hydroxyl groups excluding tert-OH is 1. The number of hydrogen-bond donors (Lipinski definition) is 1. The second-order valence-corrected chi connectivity index (χ2v) is 5.59. The molecule has 3 rings (SSSR count). The molecule has 1 amide bonds. The lowest BCUT2D eigenvalue weighted by atomic mass is 10.0. The van der Waals surface area contributed by atoms with Crippen molar-refractivity contribution in [2.45, 2.75) is 25.6 Å². The molecule has 1 saturated carbocycles. The van der Waals surface area contributed by atoms with Crippen molar-refractivity contribution in [2.24, 2.45) is 11.8 Å². The van der Waals surface area contributed by atoms with Crippen molar-refractivity contribution in [3.63, 3.8) is 0 Å². The number of benzene rings is 1. The SMILES string of the molecule is O=C(OCc1ccccc1)N1C[C@H]2CC(O)C[C@@H]2C1. The third-order valence-corrected chi connectivity index (χ3v) is 4.19. The lowest BCUT2D eigenvalue weighted by molar-refractivity contribution is 0.0972. The number of amides is 1. The van der Waals surface area contributed by atoms with Gasteiger partial charge in [-0.2, -0.15) is 0 Å². The van der Waals surface area contributed by atoms with Crippen molar-refractivity contribution in [3.8, 4) is 0 Å². The Hall–Kier alpha value is -1.55. The van der Waals surface area contributed by atoms with Crippen molar-refractivity contribution < 1.29 is 14.6 Å². The molecule has 0 aromatic heterocycles. The molecule has 0 unspecified atom stereocenters. The lowest BCUT2D eigenvalue weighted by Crippen LogP contribution is -2.30. The largest absolute Gasteiger partial charge is 0.445 e. The number of nitrogens with zero attached hydrogens (tertiary/aromatic N) is 1. The lowest BCUT2D eigenvalue weighted by Gasteiger charge is -2.17. The molecule has 0 bridgehead atoms. The Morgan fingerprint density at radius 1 is 1.21 bits per heavy atom. The van der Waals surface area contributed by atoms with E-state index in [0.717, 1.165) is 31.5 Å². The van der Waals surface area contributed by atoms with Gasteiger partial charge in [0.25, 0.3) is 0 Å². The topological polar surface area (TPSA) is 49.8 Å². The molecule has 1 aromatic carbocycles. The van der Waals surface area contributed by atoms with Crippen molar-refractivity contribution in [2.75, 3.05) is 13.1 Å². The van der Waals surface area contributed by atoms with Crippen LogP contribution in [-0.2, 0) is 11.3 Å². The Morgan fingerprint density at radius 3 is 2.47 bits per heavy atom. The quantitative estimate of drug-likeness (QED) is 0.886. The van der Waals surface area contributed by atoms with Gasteiger partial charge in [0, 0.05) is 13.1 Å². The maximum absolute atomic E-state index is 12.0. The predicted molar refractivity (Wildman–Crippen MR) is 70.4 cm³/mol. The Morgan fingerprint density at radius 2 is 1.84 bits per heavy atom. The normalized spacial score (nSPS) is 26.5. The van der Waals surface area contributed by atoms with E-state index in [1.807, 2.05) is 30.3 Å². The molecule has 1 aliphatic carbocycles. The van der Waals surface area contributed by atoms with Crippen molar-refractivity contribution in [3.05, 3.63) is 35.9 Å². The number of rotatable bonds is 2. The Kier molecular flexibility index (Phi) is 3.42. The minimum Gasteiger partial charge on any atom is -0.445 e. The fourth-order valence-electron chi connectivity index (χ4n) is 3.23. The van der Waals surface area contributed by atoms with Gasteiger partial charge in [0.2, 0.25) is 0 Å². The van der Waals surface area contributed by atoms with E-state index in [2.05, 4.69) is 0 Å². The number of likely N-dealkylation sites (tertiary alicyclic amines) is 1. The first kappa shape index (κ1) is 12.5. The molecular formula is C15H19NO3. The highest BCUT2D eigenvalue weighted by atomic mass is 16.6. The van der Waals surface area contributed by atoms with Crippen LogP contribution in [-0.4, -0.2) is 35.3 Å². The van der Waals surface area contributed by atoms with Crippen LogP contribution in [0.25, 0.3) is 0 Å². The summed E-state index contributed by atoms with van der Waals surface area (Å²) in [5.41, 5.74) is 1.01. The number of carbonyl (C=O) groups is 1. The summed E-state index contributed by atoms with van der Waals surface area (Å²) in [7, 11) is 0. The molecule has 0 radical (unpaired) electrons. The highest BCUT2D eigenvalue weighted by molar-refractivity contribution is 5.68. The van der Waals surface area contributed by atoms with E-state index >= 15 is 0 Å². The zero-order valence-electron chi connectivity index (χ0n) is 10.9. The fourth-order valence-corrected chi connectivity index (χ4v) is 3.23. The van der Waals surface area contributed by atoms with Crippen LogP contribution in [0.15, 0.2) is 30.3 Å². The minimum atomic E-state index is -0.229. The average Bonchev–Trinajstić information content (AvgIpc) is 2.94. The van der Waals surface area contributed by atoms with Gasteiger partial charge in [-0.05, 0) is 30.2 Å². The van der Waals surface area contributed by atoms with E-state index in [9.17, 15) is 9.90 Å². The molecule has 1 aromatic rings. The monoisotopic (exact) mass is 261 g/mol. The summed E-state index contributed by atoms with van der Waals surface area (Å²) in [6, 6.07) is 9.71. The van der Waals surface area contributed by atoms with Crippen LogP contribution in [0.5, 0.6) is 0 Å². The molecule has 1 saturated heterocycles. The standard InChI is InChI=1S/C15H19NO3/c17-14-6-12-8-16(9-13(12)7-14)15(18)19-10-11-4-2-1-3-5-11/h1-5,12-14,17H,6-10H2/t12-,13-/m1/s1. The van der Waals surface area contributed by atoms with Gasteiger partial charge in [-0.25, -0.2) is 4.79 Å². The molecule has 4 heteroatoms. The second kappa shape index (κ2) is 5.21. The van der Waals surface area contributed by atoms with E-state index in [1.165, 1.54) is 0 Å². The van der Waals surface area contributed by atoms with E-state index in [1.54, 1.807) is 4.90 Å². The zero-order chi connectivity index (χ0) is 13.2. The molecule has 0 spiro atoms. The molecule has 2 fully saturated rings. The first-order valence-electron chi connectivity index (χ1n) is 6.86. The van der Waals surface area contributed by atoms with Crippen LogP contribution in [0, 0.1) is 11.8 Å². The van der Waals surface area contributed by atoms with Crippen molar-refractivity contribution in [1.29, 1.82) is 0 Å². The molecule has 2 aliphatic rings. The van der Waals surface area contributed by atoms with Crippen LogP contribution in [0.4, 0.5) is 4.79 Å². The summed E-state index contributed by atoms with van der Waals surface area (Å²) in [5, 5.41) is 9.58. The molecule has 1 N–H and O–H groups in total. The maximum atomic E-state index is 12.0. The molecular weight excluding hydrogens is 242 g/mol. The first-order valence-corrected chi connectivity index (χ1v) is 6.86. The number of aliphatic hydroxyl groups is 1. The maximum Gasteiger partial charge on any atom is 0.410 e. The van der Waals surface area contributed by atoms with E-state index < -0.39 is 0 Å². The number of hydrogen-bond acceptors (Lipinski definition) is 3. The first-order chi connectivity index (χ1) is 9.22. The third-order valence-electron chi connectivity index (χ3n) is 4.19.